The summed E-state index contributed by atoms with van der Waals surface area (Å²) in [6.07, 6.45) is 2.48. The molecular weight excluding hydrogens is 438 g/mol. The van der Waals surface area contributed by atoms with Crippen LogP contribution in [0.3, 0.4) is 0 Å². The van der Waals surface area contributed by atoms with Crippen molar-refractivity contribution < 1.29 is 19.5 Å². The van der Waals surface area contributed by atoms with E-state index in [0.717, 1.165) is 25.8 Å². The van der Waals surface area contributed by atoms with E-state index in [9.17, 15) is 10.0 Å². The Morgan fingerprint density at radius 3 is 2.62 bits per heavy atom. The molecule has 3 heterocycles. The zero-order chi connectivity index (χ0) is 25.0. The van der Waals surface area contributed by atoms with Gasteiger partial charge in [0.15, 0.2) is 5.84 Å². The van der Waals surface area contributed by atoms with E-state index in [1.54, 1.807) is 11.0 Å². The number of ether oxygens (including phenoxy) is 2. The van der Waals surface area contributed by atoms with Crippen LogP contribution in [0.5, 0.6) is 6.01 Å². The molecule has 1 aromatic heterocycles. The minimum absolute atomic E-state index is 0.0451. The van der Waals surface area contributed by atoms with Crippen LogP contribution in [-0.2, 0) is 4.74 Å². The third-order valence-electron chi connectivity index (χ3n) is 6.26. The van der Waals surface area contributed by atoms with Gasteiger partial charge in [0.1, 0.15) is 23.2 Å². The Labute approximate surface area is 201 Å². The summed E-state index contributed by atoms with van der Waals surface area (Å²) < 4.78 is 11.7. The minimum atomic E-state index is -0.550. The van der Waals surface area contributed by atoms with Crippen molar-refractivity contribution in [3.8, 4) is 6.01 Å². The number of anilines is 1. The van der Waals surface area contributed by atoms with Crippen LogP contribution >= 0.6 is 0 Å². The Morgan fingerprint density at radius 1 is 1.26 bits per heavy atom. The van der Waals surface area contributed by atoms with Gasteiger partial charge in [-0.05, 0) is 67.5 Å². The third-order valence-corrected chi connectivity index (χ3v) is 6.26. The smallest absolute Gasteiger partial charge is 0.410 e. The van der Waals surface area contributed by atoms with Crippen molar-refractivity contribution in [2.24, 2.45) is 10.9 Å². The van der Waals surface area contributed by atoms with Crippen molar-refractivity contribution in [2.75, 3.05) is 38.1 Å². The second-order valence-corrected chi connectivity index (χ2v) is 10.2. The van der Waals surface area contributed by atoms with E-state index in [4.69, 9.17) is 15.2 Å². The summed E-state index contributed by atoms with van der Waals surface area (Å²) in [5, 5.41) is 12.4. The summed E-state index contributed by atoms with van der Waals surface area (Å²) in [4.78, 5) is 27.8. The lowest BCUT2D eigenvalue weighted by Gasteiger charge is -2.31. The summed E-state index contributed by atoms with van der Waals surface area (Å²) in [6, 6.07) is 2.11. The van der Waals surface area contributed by atoms with Crippen molar-refractivity contribution in [3.05, 3.63) is 11.8 Å². The zero-order valence-corrected chi connectivity index (χ0v) is 21.2. The highest BCUT2D eigenvalue weighted by Crippen LogP contribution is 2.25. The molecule has 3 atom stereocenters. The Balaban J connectivity index is 1.83. The van der Waals surface area contributed by atoms with Gasteiger partial charge >= 0.3 is 12.1 Å². The van der Waals surface area contributed by atoms with E-state index < -0.39 is 5.60 Å². The van der Waals surface area contributed by atoms with Crippen molar-refractivity contribution in [1.82, 2.24) is 19.8 Å². The van der Waals surface area contributed by atoms with Gasteiger partial charge in [-0.2, -0.15) is 9.97 Å². The molecule has 11 nitrogen and oxygen atoms in total. The molecule has 34 heavy (non-hydrogen) atoms. The number of carbonyl (C=O) groups is 1. The number of likely N-dealkylation sites (tertiary alicyclic amines) is 1. The topological polar surface area (TPSA) is 130 Å². The van der Waals surface area contributed by atoms with Crippen molar-refractivity contribution >= 4 is 17.7 Å². The second-order valence-electron chi connectivity index (χ2n) is 10.2. The molecule has 1 aromatic rings. The van der Waals surface area contributed by atoms with Gasteiger partial charge in [-0.3, -0.25) is 4.90 Å². The lowest BCUT2D eigenvalue weighted by Crippen LogP contribution is -2.43. The van der Waals surface area contributed by atoms with Crippen molar-refractivity contribution in [3.63, 3.8) is 0 Å². The highest BCUT2D eigenvalue weighted by molar-refractivity contribution is 5.95. The molecule has 2 fully saturated rings. The predicted molar refractivity (Wildman–Crippen MR) is 130 cm³/mol. The van der Waals surface area contributed by atoms with Crippen molar-refractivity contribution in [2.45, 2.75) is 77.7 Å². The lowest BCUT2D eigenvalue weighted by atomic mass is 10.1. The molecule has 0 spiro atoms. The molecule has 190 valence electrons. The first-order valence-electron chi connectivity index (χ1n) is 12.0. The maximum Gasteiger partial charge on any atom is 0.410 e. The van der Waals surface area contributed by atoms with Crippen molar-refractivity contribution in [1.29, 1.82) is 0 Å². The molecule has 0 radical (unpaired) electrons. The van der Waals surface area contributed by atoms with Gasteiger partial charge in [-0.15, -0.1) is 0 Å². The first-order chi connectivity index (χ1) is 16.0. The van der Waals surface area contributed by atoms with Gasteiger partial charge in [0.25, 0.3) is 0 Å². The maximum absolute atomic E-state index is 12.6. The Hall–Kier alpha value is -2.82. The summed E-state index contributed by atoms with van der Waals surface area (Å²) in [6.45, 7) is 12.4. The van der Waals surface area contributed by atoms with E-state index in [2.05, 4.69) is 32.0 Å². The second kappa shape index (κ2) is 10.6. The van der Waals surface area contributed by atoms with E-state index in [1.807, 2.05) is 34.6 Å². The lowest BCUT2D eigenvalue weighted by molar-refractivity contribution is 0.0251. The quantitative estimate of drug-likeness (QED) is 0.284. The summed E-state index contributed by atoms with van der Waals surface area (Å²) in [7, 11) is 2.09. The van der Waals surface area contributed by atoms with Crippen LogP contribution in [0.4, 0.5) is 10.6 Å². The number of likely N-dealkylation sites (N-methyl/N-ethyl adjacent to an activating group) is 1. The third kappa shape index (κ3) is 6.40. The number of hydrogen-bond acceptors (Lipinski definition) is 9. The Morgan fingerprint density at radius 2 is 2.00 bits per heavy atom. The molecule has 0 saturated carbocycles. The molecule has 0 aromatic carbocycles. The van der Waals surface area contributed by atoms with E-state index in [1.165, 1.54) is 0 Å². The first kappa shape index (κ1) is 25.8. The molecule has 2 aliphatic rings. The number of carbonyl (C=O) groups excluding carboxylic acids is 1. The van der Waals surface area contributed by atoms with Crippen LogP contribution in [0, 0.1) is 0 Å². The zero-order valence-electron chi connectivity index (χ0n) is 21.2. The molecular formula is C23H39N7O4. The van der Waals surface area contributed by atoms with Gasteiger partial charge in [-0.25, -0.2) is 4.79 Å². The highest BCUT2D eigenvalue weighted by Gasteiger charge is 2.31. The monoisotopic (exact) mass is 477 g/mol. The summed E-state index contributed by atoms with van der Waals surface area (Å²) >= 11 is 0. The SMILES string of the molecule is C[C@H](Oc1nc(/C(N)=N/O)cc(N2CCCN(C(=O)OC(C)(C)C)C[C@@H]2C)n1)[C@@H]1CCCN1C. The van der Waals surface area contributed by atoms with E-state index in [-0.39, 0.29) is 41.8 Å². The van der Waals surface area contributed by atoms with Gasteiger partial charge in [0, 0.05) is 37.8 Å². The number of rotatable bonds is 5. The minimum Gasteiger partial charge on any atom is -0.459 e. The molecule has 11 heteroatoms. The average molecular weight is 478 g/mol. The van der Waals surface area contributed by atoms with Crippen LogP contribution in [0.25, 0.3) is 0 Å². The summed E-state index contributed by atoms with van der Waals surface area (Å²) in [5.41, 5.74) is 5.62. The van der Waals surface area contributed by atoms with Crippen LogP contribution in [0.2, 0.25) is 0 Å². The highest BCUT2D eigenvalue weighted by atomic mass is 16.6. The number of amides is 1. The number of amidine groups is 1. The van der Waals surface area contributed by atoms with Gasteiger partial charge in [-0.1, -0.05) is 5.16 Å². The number of nitrogens with zero attached hydrogens (tertiary/aromatic N) is 6. The molecule has 1 amide bonds. The number of aromatic nitrogens is 2. The molecule has 2 aliphatic heterocycles. The molecule has 0 unspecified atom stereocenters. The van der Waals surface area contributed by atoms with E-state index >= 15 is 0 Å². The molecule has 0 bridgehead atoms. The fourth-order valence-electron chi connectivity index (χ4n) is 4.56. The number of nitrogens with two attached hydrogens (primary N) is 1. The Kier molecular flexibility index (Phi) is 8.06. The van der Waals surface area contributed by atoms with Crippen LogP contribution in [0.1, 0.15) is 59.6 Å². The first-order valence-corrected chi connectivity index (χ1v) is 12.0. The van der Waals surface area contributed by atoms with Gasteiger partial charge in [0.2, 0.25) is 0 Å². The number of hydrogen-bond donors (Lipinski definition) is 2. The normalized spacial score (nSPS) is 23.5. The molecule has 0 aliphatic carbocycles. The fourth-order valence-corrected chi connectivity index (χ4v) is 4.56. The standard InChI is InChI=1S/C23H39N7O4/c1-15-14-29(22(31)34-23(3,4)5)11-8-12-30(15)19-13-17(20(24)27-32)25-21(26-19)33-16(2)18-9-7-10-28(18)6/h13,15-16,18,32H,7-12,14H2,1-6H3,(H2,24,27)/t15-,16-,18-/m0/s1. The van der Waals surface area contributed by atoms with Gasteiger partial charge in [0.05, 0.1) is 0 Å². The maximum atomic E-state index is 12.6. The van der Waals surface area contributed by atoms with Crippen LogP contribution in [-0.4, -0.2) is 93.9 Å². The Bertz CT molecular complexity index is 889. The van der Waals surface area contributed by atoms with Gasteiger partial charge < -0.3 is 30.2 Å². The largest absolute Gasteiger partial charge is 0.459 e. The van der Waals surface area contributed by atoms with E-state index in [0.29, 0.717) is 25.5 Å². The fraction of sp³-hybridized carbons (Fsp3) is 0.739. The summed E-state index contributed by atoms with van der Waals surface area (Å²) in [5.74, 6) is 0.495. The van der Waals surface area contributed by atoms with Crippen LogP contribution in [0.15, 0.2) is 11.2 Å². The molecule has 2 saturated heterocycles. The predicted octanol–water partition coefficient (Wildman–Crippen LogP) is 2.27. The average Bonchev–Trinajstić information content (AvgIpc) is 3.09. The number of oxime groups is 1. The molecule has 3 N–H and O–H groups in total. The molecule has 3 rings (SSSR count). The van der Waals surface area contributed by atoms with Crippen LogP contribution < -0.4 is 15.4 Å².